The summed E-state index contributed by atoms with van der Waals surface area (Å²) in [4.78, 5) is 11.3. The number of carbonyl (C=O) groups is 1. The normalized spacial score (nSPS) is 9.50. The highest BCUT2D eigenvalue weighted by atomic mass is 35.5. The second-order valence-corrected chi connectivity index (χ2v) is 3.93. The Labute approximate surface area is 114 Å². The van der Waals surface area contributed by atoms with Crippen LogP contribution < -0.4 is 20.9 Å². The summed E-state index contributed by atoms with van der Waals surface area (Å²) in [6, 6.07) is 3.63. The molecule has 0 heterocycles. The van der Waals surface area contributed by atoms with E-state index in [-0.39, 0.29) is 22.5 Å². The molecule has 0 aliphatic carbocycles. The van der Waals surface area contributed by atoms with E-state index < -0.39 is 11.7 Å². The van der Waals surface area contributed by atoms with E-state index in [1.165, 1.54) is 12.1 Å². The molecule has 98 valence electrons. The predicted molar refractivity (Wildman–Crippen MR) is 69.8 cm³/mol. The fourth-order valence-electron chi connectivity index (χ4n) is 0.961. The number of halogens is 2. The predicted octanol–water partition coefficient (Wildman–Crippen LogP) is 0.983. The van der Waals surface area contributed by atoms with E-state index >= 15 is 0 Å². The van der Waals surface area contributed by atoms with Gasteiger partial charge in [0.05, 0.1) is 5.02 Å². The Balaban J connectivity index is 2.40. The van der Waals surface area contributed by atoms with Crippen molar-refractivity contribution in [1.82, 2.24) is 16.2 Å². The van der Waals surface area contributed by atoms with Crippen molar-refractivity contribution in [2.45, 2.75) is 0 Å². The summed E-state index contributed by atoms with van der Waals surface area (Å²) < 4.78 is 17.8. The molecule has 0 unspecified atom stereocenters. The van der Waals surface area contributed by atoms with Crippen LogP contribution in [-0.4, -0.2) is 24.7 Å². The first-order valence-electron chi connectivity index (χ1n) is 4.87. The standard InChI is InChI=1S/C10H11ClFN3O2S/c1-13-10(18)15-14-9(16)5-17-8-3-2-6(12)4-7(8)11/h2-4H,5H2,1H3,(H,14,16)(H2,13,15,18). The molecule has 1 amide bonds. The van der Waals surface area contributed by atoms with E-state index in [1.54, 1.807) is 7.05 Å². The van der Waals surface area contributed by atoms with Crippen molar-refractivity contribution in [2.75, 3.05) is 13.7 Å². The molecule has 18 heavy (non-hydrogen) atoms. The van der Waals surface area contributed by atoms with Gasteiger partial charge in [-0.3, -0.25) is 15.6 Å². The van der Waals surface area contributed by atoms with Crippen molar-refractivity contribution in [1.29, 1.82) is 0 Å². The number of benzene rings is 1. The third-order valence-corrected chi connectivity index (χ3v) is 2.40. The Morgan fingerprint density at radius 2 is 2.22 bits per heavy atom. The first kappa shape index (κ1) is 14.5. The lowest BCUT2D eigenvalue weighted by atomic mass is 10.3. The van der Waals surface area contributed by atoms with Gasteiger partial charge in [-0.25, -0.2) is 4.39 Å². The van der Waals surface area contributed by atoms with Crippen LogP contribution in [0.1, 0.15) is 0 Å². The summed E-state index contributed by atoms with van der Waals surface area (Å²) in [5, 5.41) is 2.98. The maximum absolute atomic E-state index is 12.7. The number of hydrogen-bond acceptors (Lipinski definition) is 3. The van der Waals surface area contributed by atoms with Gasteiger partial charge in [-0.2, -0.15) is 0 Å². The van der Waals surface area contributed by atoms with Crippen LogP contribution in [0.4, 0.5) is 4.39 Å². The van der Waals surface area contributed by atoms with Crippen LogP contribution in [0, 0.1) is 5.82 Å². The van der Waals surface area contributed by atoms with Gasteiger partial charge in [0.25, 0.3) is 5.91 Å². The zero-order chi connectivity index (χ0) is 13.5. The Hall–Kier alpha value is -1.60. The first-order valence-corrected chi connectivity index (χ1v) is 5.66. The molecule has 0 fully saturated rings. The number of amides is 1. The maximum atomic E-state index is 12.7. The zero-order valence-corrected chi connectivity index (χ0v) is 11.0. The minimum Gasteiger partial charge on any atom is -0.482 e. The van der Waals surface area contributed by atoms with E-state index in [2.05, 4.69) is 16.2 Å². The van der Waals surface area contributed by atoms with Crippen molar-refractivity contribution in [3.05, 3.63) is 29.0 Å². The molecular weight excluding hydrogens is 281 g/mol. The lowest BCUT2D eigenvalue weighted by Crippen LogP contribution is -2.47. The van der Waals surface area contributed by atoms with Crippen LogP contribution in [0.25, 0.3) is 0 Å². The van der Waals surface area contributed by atoms with Crippen LogP contribution in [0.5, 0.6) is 5.75 Å². The molecule has 1 aromatic rings. The van der Waals surface area contributed by atoms with Gasteiger partial charge in [-0.1, -0.05) is 11.6 Å². The fraction of sp³-hybridized carbons (Fsp3) is 0.200. The Morgan fingerprint density at radius 1 is 1.50 bits per heavy atom. The third-order valence-electron chi connectivity index (χ3n) is 1.80. The Morgan fingerprint density at radius 3 is 2.83 bits per heavy atom. The van der Waals surface area contributed by atoms with Crippen molar-refractivity contribution in [3.63, 3.8) is 0 Å². The Bertz CT molecular complexity index is 459. The molecule has 0 bridgehead atoms. The number of nitrogens with one attached hydrogen (secondary N) is 3. The highest BCUT2D eigenvalue weighted by Gasteiger charge is 2.06. The topological polar surface area (TPSA) is 62.4 Å². The smallest absolute Gasteiger partial charge is 0.276 e. The largest absolute Gasteiger partial charge is 0.482 e. The molecule has 0 atom stereocenters. The van der Waals surface area contributed by atoms with Crippen molar-refractivity contribution in [2.24, 2.45) is 0 Å². The maximum Gasteiger partial charge on any atom is 0.276 e. The average Bonchev–Trinajstić information content (AvgIpc) is 2.34. The van der Waals surface area contributed by atoms with Crippen molar-refractivity contribution >= 4 is 34.8 Å². The lowest BCUT2D eigenvalue weighted by molar-refractivity contribution is -0.123. The molecular formula is C10H11ClFN3O2S. The van der Waals surface area contributed by atoms with E-state index in [0.717, 1.165) is 6.07 Å². The molecule has 3 N–H and O–H groups in total. The quantitative estimate of drug-likeness (QED) is 0.572. The number of thiocarbonyl (C=S) groups is 1. The van der Waals surface area contributed by atoms with Gasteiger partial charge < -0.3 is 10.1 Å². The van der Waals surface area contributed by atoms with Crippen LogP contribution >= 0.6 is 23.8 Å². The molecule has 0 saturated heterocycles. The molecule has 0 radical (unpaired) electrons. The highest BCUT2D eigenvalue weighted by Crippen LogP contribution is 2.24. The second kappa shape index (κ2) is 6.97. The molecule has 0 aliphatic rings. The van der Waals surface area contributed by atoms with E-state index in [4.69, 9.17) is 28.6 Å². The number of hydrazine groups is 1. The molecule has 0 aliphatic heterocycles. The van der Waals surface area contributed by atoms with E-state index in [9.17, 15) is 9.18 Å². The highest BCUT2D eigenvalue weighted by molar-refractivity contribution is 7.80. The second-order valence-electron chi connectivity index (χ2n) is 3.12. The summed E-state index contributed by atoms with van der Waals surface area (Å²) in [6.45, 7) is -0.273. The summed E-state index contributed by atoms with van der Waals surface area (Å²) in [5.41, 5.74) is 4.74. The summed E-state index contributed by atoms with van der Waals surface area (Å²) in [5.74, 6) is -0.699. The number of rotatable bonds is 3. The molecule has 8 heteroatoms. The summed E-state index contributed by atoms with van der Waals surface area (Å²) >= 11 is 10.5. The van der Waals surface area contributed by atoms with Gasteiger partial charge in [0.15, 0.2) is 11.7 Å². The molecule has 0 saturated carbocycles. The van der Waals surface area contributed by atoms with Gasteiger partial charge >= 0.3 is 0 Å². The average molecular weight is 292 g/mol. The van der Waals surface area contributed by atoms with Gasteiger partial charge in [0.2, 0.25) is 0 Å². The minimum atomic E-state index is -0.474. The van der Waals surface area contributed by atoms with Gasteiger partial charge in [-0.05, 0) is 30.4 Å². The molecule has 0 aromatic heterocycles. The number of ether oxygens (including phenoxy) is 1. The number of hydrogen-bond donors (Lipinski definition) is 3. The van der Waals surface area contributed by atoms with Crippen LogP contribution in [-0.2, 0) is 4.79 Å². The minimum absolute atomic E-state index is 0.0986. The fourth-order valence-corrected chi connectivity index (χ4v) is 1.23. The molecule has 1 rings (SSSR count). The van der Waals surface area contributed by atoms with Crippen LogP contribution in [0.15, 0.2) is 18.2 Å². The van der Waals surface area contributed by atoms with Gasteiger partial charge in [0, 0.05) is 7.05 Å². The zero-order valence-electron chi connectivity index (χ0n) is 9.42. The van der Waals surface area contributed by atoms with Crippen LogP contribution in [0.2, 0.25) is 5.02 Å². The molecule has 0 spiro atoms. The number of carbonyl (C=O) groups excluding carboxylic acids is 1. The van der Waals surface area contributed by atoms with Crippen LogP contribution in [0.3, 0.4) is 0 Å². The Kier molecular flexibility index (Phi) is 5.60. The summed E-state index contributed by atoms with van der Waals surface area (Å²) in [6.07, 6.45) is 0. The third kappa shape index (κ3) is 4.72. The van der Waals surface area contributed by atoms with Gasteiger partial charge in [-0.15, -0.1) is 0 Å². The van der Waals surface area contributed by atoms with E-state index in [1.807, 2.05) is 0 Å². The monoisotopic (exact) mass is 291 g/mol. The van der Waals surface area contributed by atoms with Crippen molar-refractivity contribution in [3.8, 4) is 5.75 Å². The SMILES string of the molecule is CNC(=S)NNC(=O)COc1ccc(F)cc1Cl. The molecule has 1 aromatic carbocycles. The molecule has 5 nitrogen and oxygen atoms in total. The summed E-state index contributed by atoms with van der Waals surface area (Å²) in [7, 11) is 1.61. The van der Waals surface area contributed by atoms with Gasteiger partial charge in [0.1, 0.15) is 11.6 Å². The van der Waals surface area contributed by atoms with Crippen molar-refractivity contribution < 1.29 is 13.9 Å². The van der Waals surface area contributed by atoms with E-state index in [0.29, 0.717) is 0 Å². The first-order chi connectivity index (χ1) is 8.52. The lowest BCUT2D eigenvalue weighted by Gasteiger charge is -2.10.